The highest BCUT2D eigenvalue weighted by atomic mass is 15.3. The van der Waals surface area contributed by atoms with Crippen molar-refractivity contribution >= 4 is 0 Å². The monoisotopic (exact) mass is 291 g/mol. The number of piperidine rings is 2. The molecule has 0 amide bonds. The molecule has 4 unspecified atom stereocenters. The number of rotatable bonds is 2. The first kappa shape index (κ1) is 14.5. The number of hydrogen-bond acceptors (Lipinski definition) is 3. The van der Waals surface area contributed by atoms with E-state index >= 15 is 0 Å². The van der Waals surface area contributed by atoms with Crippen LogP contribution in [0.4, 0.5) is 0 Å². The fourth-order valence-corrected chi connectivity index (χ4v) is 6.09. The van der Waals surface area contributed by atoms with E-state index in [0.717, 1.165) is 24.5 Å². The molecule has 0 aromatic rings. The molecular weight excluding hydrogens is 258 g/mol. The number of fused-ring (bicyclic) bond motifs is 2. The van der Waals surface area contributed by atoms with Gasteiger partial charge < -0.3 is 10.6 Å². The van der Waals surface area contributed by atoms with Crippen molar-refractivity contribution in [3.63, 3.8) is 0 Å². The van der Waals surface area contributed by atoms with Gasteiger partial charge in [0.05, 0.1) is 0 Å². The van der Waals surface area contributed by atoms with Crippen molar-refractivity contribution in [1.29, 1.82) is 0 Å². The molecule has 4 aliphatic rings. The Bertz CT molecular complexity index is 369. The van der Waals surface area contributed by atoms with E-state index < -0.39 is 0 Å². The number of hydrogen-bond donors (Lipinski definition) is 1. The van der Waals surface area contributed by atoms with Crippen LogP contribution in [0.3, 0.4) is 0 Å². The SMILES string of the molecule is NCC1(N2CCCC3CCCCC32)CCN2CCCC2C1. The van der Waals surface area contributed by atoms with Crippen molar-refractivity contribution in [1.82, 2.24) is 9.80 Å². The van der Waals surface area contributed by atoms with Crippen LogP contribution in [-0.2, 0) is 0 Å². The van der Waals surface area contributed by atoms with Crippen molar-refractivity contribution in [2.24, 2.45) is 11.7 Å². The molecule has 4 fully saturated rings. The average molecular weight is 291 g/mol. The normalized spacial score (nSPS) is 45.3. The molecular formula is C18H33N3. The van der Waals surface area contributed by atoms with Gasteiger partial charge in [0, 0.05) is 30.7 Å². The number of nitrogens with two attached hydrogens (primary N) is 1. The zero-order valence-corrected chi connectivity index (χ0v) is 13.6. The quantitative estimate of drug-likeness (QED) is 0.849. The van der Waals surface area contributed by atoms with Crippen LogP contribution in [0.5, 0.6) is 0 Å². The Morgan fingerprint density at radius 3 is 2.62 bits per heavy atom. The zero-order chi connectivity index (χ0) is 14.3. The summed E-state index contributed by atoms with van der Waals surface area (Å²) in [4.78, 5) is 5.69. The molecule has 0 aromatic heterocycles. The van der Waals surface area contributed by atoms with Crippen molar-refractivity contribution in [3.05, 3.63) is 0 Å². The van der Waals surface area contributed by atoms with Crippen molar-refractivity contribution in [2.75, 3.05) is 26.2 Å². The zero-order valence-electron chi connectivity index (χ0n) is 13.6. The van der Waals surface area contributed by atoms with Crippen LogP contribution < -0.4 is 5.73 Å². The van der Waals surface area contributed by atoms with Gasteiger partial charge in [-0.15, -0.1) is 0 Å². The van der Waals surface area contributed by atoms with E-state index in [1.54, 1.807) is 0 Å². The molecule has 3 aliphatic heterocycles. The first-order valence-electron chi connectivity index (χ1n) is 9.53. The molecule has 1 aliphatic carbocycles. The van der Waals surface area contributed by atoms with E-state index in [1.807, 2.05) is 0 Å². The third-order valence-corrected chi connectivity index (χ3v) is 7.21. The summed E-state index contributed by atoms with van der Waals surface area (Å²) in [6.45, 7) is 4.86. The van der Waals surface area contributed by atoms with E-state index in [9.17, 15) is 0 Å². The van der Waals surface area contributed by atoms with Crippen LogP contribution in [0.25, 0.3) is 0 Å². The second-order valence-corrected chi connectivity index (χ2v) is 8.16. The Morgan fingerprint density at radius 1 is 0.905 bits per heavy atom. The van der Waals surface area contributed by atoms with Crippen LogP contribution >= 0.6 is 0 Å². The van der Waals surface area contributed by atoms with Gasteiger partial charge in [0.15, 0.2) is 0 Å². The molecule has 3 heteroatoms. The maximum Gasteiger partial charge on any atom is 0.0361 e. The molecule has 0 aromatic carbocycles. The number of nitrogens with zero attached hydrogens (tertiary/aromatic N) is 2. The van der Waals surface area contributed by atoms with Crippen LogP contribution in [0, 0.1) is 5.92 Å². The summed E-state index contributed by atoms with van der Waals surface area (Å²) >= 11 is 0. The Morgan fingerprint density at radius 2 is 1.71 bits per heavy atom. The van der Waals surface area contributed by atoms with Gasteiger partial charge in [0.25, 0.3) is 0 Å². The topological polar surface area (TPSA) is 32.5 Å². The molecule has 0 bridgehead atoms. The van der Waals surface area contributed by atoms with Gasteiger partial charge in [-0.1, -0.05) is 12.8 Å². The maximum atomic E-state index is 6.41. The van der Waals surface area contributed by atoms with Crippen molar-refractivity contribution < 1.29 is 0 Å². The molecule has 3 heterocycles. The van der Waals surface area contributed by atoms with Gasteiger partial charge >= 0.3 is 0 Å². The minimum atomic E-state index is 0.339. The first-order chi connectivity index (χ1) is 10.3. The van der Waals surface area contributed by atoms with Gasteiger partial charge in [0.2, 0.25) is 0 Å². The Hall–Kier alpha value is -0.120. The van der Waals surface area contributed by atoms with Crippen molar-refractivity contribution in [2.45, 2.75) is 81.8 Å². The fraction of sp³-hybridized carbons (Fsp3) is 1.00. The van der Waals surface area contributed by atoms with Crippen LogP contribution in [0.1, 0.15) is 64.2 Å². The molecule has 0 spiro atoms. The molecule has 3 saturated heterocycles. The second kappa shape index (κ2) is 5.82. The highest BCUT2D eigenvalue weighted by molar-refractivity contribution is 5.05. The molecule has 4 rings (SSSR count). The summed E-state index contributed by atoms with van der Waals surface area (Å²) in [6, 6.07) is 1.70. The molecule has 3 nitrogen and oxygen atoms in total. The highest BCUT2D eigenvalue weighted by Gasteiger charge is 2.48. The largest absolute Gasteiger partial charge is 0.329 e. The molecule has 4 atom stereocenters. The van der Waals surface area contributed by atoms with Crippen LogP contribution in [0.15, 0.2) is 0 Å². The van der Waals surface area contributed by atoms with Gasteiger partial charge in [-0.25, -0.2) is 0 Å². The lowest BCUT2D eigenvalue weighted by molar-refractivity contribution is -0.0624. The summed E-state index contributed by atoms with van der Waals surface area (Å²) < 4.78 is 0. The molecule has 2 N–H and O–H groups in total. The minimum absolute atomic E-state index is 0.339. The predicted molar refractivity (Wildman–Crippen MR) is 87.3 cm³/mol. The standard InChI is InChI=1S/C18H33N3/c19-14-18(9-12-20-10-4-7-16(20)13-18)21-11-3-6-15-5-1-2-8-17(15)21/h15-17H,1-14,19H2. The lowest BCUT2D eigenvalue weighted by Gasteiger charge is -2.57. The summed E-state index contributed by atoms with van der Waals surface area (Å²) in [5.74, 6) is 0.984. The number of likely N-dealkylation sites (tertiary alicyclic amines) is 1. The first-order valence-corrected chi connectivity index (χ1v) is 9.53. The van der Waals surface area contributed by atoms with Crippen LogP contribution in [-0.4, -0.2) is 53.6 Å². The third kappa shape index (κ3) is 2.46. The summed E-state index contributed by atoms with van der Waals surface area (Å²) in [5.41, 5.74) is 6.75. The van der Waals surface area contributed by atoms with E-state index in [2.05, 4.69) is 9.80 Å². The van der Waals surface area contributed by atoms with E-state index in [1.165, 1.54) is 83.8 Å². The van der Waals surface area contributed by atoms with Crippen molar-refractivity contribution in [3.8, 4) is 0 Å². The maximum absolute atomic E-state index is 6.41. The lowest BCUT2D eigenvalue weighted by Crippen LogP contribution is -2.66. The predicted octanol–water partition coefficient (Wildman–Crippen LogP) is 2.60. The highest BCUT2D eigenvalue weighted by Crippen LogP contribution is 2.44. The van der Waals surface area contributed by atoms with Gasteiger partial charge in [-0.3, -0.25) is 4.90 Å². The van der Waals surface area contributed by atoms with E-state index in [0.29, 0.717) is 5.54 Å². The lowest BCUT2D eigenvalue weighted by atomic mass is 9.73. The van der Waals surface area contributed by atoms with Gasteiger partial charge in [0.1, 0.15) is 0 Å². The molecule has 0 radical (unpaired) electrons. The fourth-order valence-electron chi connectivity index (χ4n) is 6.09. The van der Waals surface area contributed by atoms with E-state index in [4.69, 9.17) is 5.73 Å². The average Bonchev–Trinajstić information content (AvgIpc) is 3.01. The molecule has 1 saturated carbocycles. The minimum Gasteiger partial charge on any atom is -0.329 e. The summed E-state index contributed by atoms with van der Waals surface area (Å²) in [7, 11) is 0. The van der Waals surface area contributed by atoms with E-state index in [-0.39, 0.29) is 0 Å². The molecule has 21 heavy (non-hydrogen) atoms. The molecule has 120 valence electrons. The van der Waals surface area contributed by atoms with Crippen LogP contribution in [0.2, 0.25) is 0 Å². The smallest absolute Gasteiger partial charge is 0.0361 e. The summed E-state index contributed by atoms with van der Waals surface area (Å²) in [5, 5.41) is 0. The van der Waals surface area contributed by atoms with Gasteiger partial charge in [-0.05, 0) is 70.4 Å². The summed E-state index contributed by atoms with van der Waals surface area (Å²) in [6.07, 6.45) is 14.3. The second-order valence-electron chi connectivity index (χ2n) is 8.16. The Balaban J connectivity index is 1.56. The third-order valence-electron chi connectivity index (χ3n) is 7.21. The Kier molecular flexibility index (Phi) is 4.01. The Labute approximate surface area is 130 Å². The van der Waals surface area contributed by atoms with Gasteiger partial charge in [-0.2, -0.15) is 0 Å².